The molecule has 0 radical (unpaired) electrons. The molecule has 2 aliphatic heterocycles. The number of thioether (sulfide) groups is 1. The van der Waals surface area contributed by atoms with E-state index in [1.165, 1.54) is 47.0 Å². The third-order valence-electron chi connectivity index (χ3n) is 5.41. The standard InChI is InChI=1S/C23H29N5O8S2/c1-5-7-13(14-10-38-22(24)25-14)18(30)26-16-19(31)28-17(21(32)36-11-35-15(29)6-2)12(9-37-20(16)28)8-34-23(33)27(3)4/h7,10,16,20H,5-6,8-9,11H2,1-4H3,(H2,24,25)(H,26,30)/b13-7+/t16-,20-/m0/s1. The summed E-state index contributed by atoms with van der Waals surface area (Å²) in [5, 5.41) is 4.09. The van der Waals surface area contributed by atoms with E-state index in [-0.39, 0.29) is 30.1 Å². The van der Waals surface area contributed by atoms with Crippen molar-refractivity contribution in [3.05, 3.63) is 28.4 Å². The second-order valence-corrected chi connectivity index (χ2v) is 10.3. The molecule has 0 aliphatic carbocycles. The molecule has 0 spiro atoms. The summed E-state index contributed by atoms with van der Waals surface area (Å²) in [7, 11) is 3.01. The van der Waals surface area contributed by atoms with Crippen molar-refractivity contribution in [3.8, 4) is 0 Å². The number of aromatic nitrogens is 1. The fourth-order valence-corrected chi connectivity index (χ4v) is 5.42. The quantitative estimate of drug-likeness (QED) is 0.181. The molecule has 1 aromatic heterocycles. The van der Waals surface area contributed by atoms with Crippen LogP contribution in [0, 0.1) is 0 Å². The lowest BCUT2D eigenvalue weighted by molar-refractivity contribution is -0.167. The van der Waals surface area contributed by atoms with Crippen molar-refractivity contribution < 1.29 is 38.2 Å². The summed E-state index contributed by atoms with van der Waals surface area (Å²) in [6.45, 7) is 2.55. The highest BCUT2D eigenvalue weighted by Gasteiger charge is 2.54. The van der Waals surface area contributed by atoms with Crippen LogP contribution < -0.4 is 11.1 Å². The van der Waals surface area contributed by atoms with Gasteiger partial charge in [-0.2, -0.15) is 0 Å². The van der Waals surface area contributed by atoms with Crippen molar-refractivity contribution >= 4 is 63.6 Å². The van der Waals surface area contributed by atoms with Crippen LogP contribution in [0.4, 0.5) is 9.93 Å². The van der Waals surface area contributed by atoms with E-state index in [0.29, 0.717) is 22.8 Å². The van der Waals surface area contributed by atoms with Gasteiger partial charge in [0.15, 0.2) is 5.13 Å². The number of nitrogens with one attached hydrogen (secondary N) is 1. The largest absolute Gasteiger partial charge is 0.445 e. The van der Waals surface area contributed by atoms with Crippen LogP contribution in [0.3, 0.4) is 0 Å². The summed E-state index contributed by atoms with van der Waals surface area (Å²) in [6.07, 6.45) is 1.71. The van der Waals surface area contributed by atoms with Crippen molar-refractivity contribution in [2.45, 2.75) is 38.1 Å². The first kappa shape index (κ1) is 29.0. The number of hydrogen-bond donors (Lipinski definition) is 2. The highest BCUT2D eigenvalue weighted by atomic mass is 32.2. The third kappa shape index (κ3) is 6.45. The van der Waals surface area contributed by atoms with E-state index >= 15 is 0 Å². The van der Waals surface area contributed by atoms with Crippen LogP contribution in [0.25, 0.3) is 5.57 Å². The van der Waals surface area contributed by atoms with Crippen LogP contribution in [0.5, 0.6) is 0 Å². The lowest BCUT2D eigenvalue weighted by Gasteiger charge is -2.49. The van der Waals surface area contributed by atoms with Crippen molar-refractivity contribution in [1.82, 2.24) is 20.1 Å². The Bertz CT molecular complexity index is 1180. The molecule has 38 heavy (non-hydrogen) atoms. The second-order valence-electron chi connectivity index (χ2n) is 8.28. The predicted molar refractivity (Wildman–Crippen MR) is 139 cm³/mol. The average Bonchev–Trinajstić information content (AvgIpc) is 3.33. The monoisotopic (exact) mass is 567 g/mol. The zero-order valence-electron chi connectivity index (χ0n) is 21.3. The molecule has 206 valence electrons. The Balaban J connectivity index is 1.79. The van der Waals surface area contributed by atoms with Crippen LogP contribution in [0.15, 0.2) is 22.7 Å². The highest BCUT2D eigenvalue weighted by Crippen LogP contribution is 2.41. The number of nitrogen functional groups attached to an aromatic ring is 1. The topological polar surface area (TPSA) is 170 Å². The molecule has 15 heteroatoms. The molecular formula is C23H29N5O8S2. The molecular weight excluding hydrogens is 538 g/mol. The van der Waals surface area contributed by atoms with Gasteiger partial charge >= 0.3 is 18.0 Å². The first-order valence-corrected chi connectivity index (χ1v) is 13.6. The van der Waals surface area contributed by atoms with Gasteiger partial charge in [0, 0.05) is 37.2 Å². The van der Waals surface area contributed by atoms with Crippen LogP contribution >= 0.6 is 23.1 Å². The second kappa shape index (κ2) is 12.8. The summed E-state index contributed by atoms with van der Waals surface area (Å²) in [6, 6.07) is -0.921. The maximum atomic E-state index is 13.2. The number of fused-ring (bicyclic) bond motifs is 1. The fourth-order valence-electron chi connectivity index (χ4n) is 3.53. The minimum absolute atomic E-state index is 0.0959. The molecule has 2 atom stereocenters. The van der Waals surface area contributed by atoms with E-state index in [1.54, 1.807) is 18.4 Å². The number of allylic oxidation sites excluding steroid dienone is 1. The Hall–Kier alpha value is -3.59. The van der Waals surface area contributed by atoms with Crippen LogP contribution in [-0.4, -0.2) is 89.3 Å². The van der Waals surface area contributed by atoms with Crippen molar-refractivity contribution in [3.63, 3.8) is 0 Å². The molecule has 1 aromatic rings. The lowest BCUT2D eigenvalue weighted by atomic mass is 10.0. The molecule has 1 saturated heterocycles. The molecule has 13 nitrogen and oxygen atoms in total. The molecule has 0 unspecified atom stereocenters. The number of β-lactam (4-membered cyclic amide) rings is 1. The maximum Gasteiger partial charge on any atom is 0.409 e. The van der Waals surface area contributed by atoms with Crippen molar-refractivity contribution in [2.24, 2.45) is 0 Å². The molecule has 3 amide bonds. The molecule has 0 bridgehead atoms. The van der Waals surface area contributed by atoms with Crippen molar-refractivity contribution in [1.29, 1.82) is 0 Å². The molecule has 1 fully saturated rings. The van der Waals surface area contributed by atoms with Crippen LogP contribution in [0.2, 0.25) is 0 Å². The summed E-state index contributed by atoms with van der Waals surface area (Å²) in [5.74, 6) is -2.30. The molecule has 3 heterocycles. The molecule has 0 aromatic carbocycles. The van der Waals surface area contributed by atoms with Crippen LogP contribution in [-0.2, 0) is 33.4 Å². The number of anilines is 1. The first-order chi connectivity index (χ1) is 18.1. The van der Waals surface area contributed by atoms with E-state index in [0.717, 1.165) is 0 Å². The summed E-state index contributed by atoms with van der Waals surface area (Å²) < 4.78 is 15.1. The van der Waals surface area contributed by atoms with E-state index in [4.69, 9.17) is 19.9 Å². The molecule has 0 saturated carbocycles. The zero-order chi connectivity index (χ0) is 28.0. The number of carbonyl (C=O) groups excluding carboxylic acids is 5. The predicted octanol–water partition coefficient (Wildman–Crippen LogP) is 1.32. The maximum absolute atomic E-state index is 13.2. The highest BCUT2D eigenvalue weighted by molar-refractivity contribution is 8.00. The van der Waals surface area contributed by atoms with Crippen LogP contribution in [0.1, 0.15) is 32.4 Å². The van der Waals surface area contributed by atoms with Gasteiger partial charge in [-0.05, 0) is 6.42 Å². The zero-order valence-corrected chi connectivity index (χ0v) is 23.0. The lowest BCUT2D eigenvalue weighted by Crippen LogP contribution is -2.70. The minimum Gasteiger partial charge on any atom is -0.445 e. The number of nitrogens with zero attached hydrogens (tertiary/aromatic N) is 3. The Morgan fingerprint density at radius 3 is 2.58 bits per heavy atom. The molecule has 3 N–H and O–H groups in total. The van der Waals surface area contributed by atoms with Gasteiger partial charge in [-0.25, -0.2) is 14.6 Å². The van der Waals surface area contributed by atoms with Gasteiger partial charge in [0.25, 0.3) is 11.8 Å². The number of thiazole rings is 1. The van der Waals surface area contributed by atoms with Gasteiger partial charge in [0.2, 0.25) is 6.79 Å². The third-order valence-corrected chi connectivity index (χ3v) is 7.43. The van der Waals surface area contributed by atoms with Gasteiger partial charge in [0.05, 0.1) is 11.3 Å². The van der Waals surface area contributed by atoms with E-state index in [1.807, 2.05) is 6.92 Å². The molecule has 2 aliphatic rings. The van der Waals surface area contributed by atoms with E-state index in [9.17, 15) is 24.0 Å². The fraction of sp³-hybridized carbons (Fsp3) is 0.478. The Labute approximate surface area is 227 Å². The van der Waals surface area contributed by atoms with Gasteiger partial charge < -0.3 is 30.2 Å². The number of hydrogen-bond acceptors (Lipinski definition) is 12. The number of nitrogens with two attached hydrogens (primary N) is 1. The molecule has 3 rings (SSSR count). The summed E-state index contributed by atoms with van der Waals surface area (Å²) >= 11 is 2.49. The number of amides is 3. The Kier molecular flexibility index (Phi) is 9.74. The first-order valence-electron chi connectivity index (χ1n) is 11.6. The normalized spacial score (nSPS) is 18.8. The Morgan fingerprint density at radius 1 is 1.24 bits per heavy atom. The van der Waals surface area contributed by atoms with Gasteiger partial charge in [-0.3, -0.25) is 19.3 Å². The summed E-state index contributed by atoms with van der Waals surface area (Å²) in [4.78, 5) is 69.1. The van der Waals surface area contributed by atoms with Gasteiger partial charge in [-0.1, -0.05) is 19.9 Å². The number of ether oxygens (including phenoxy) is 3. The van der Waals surface area contributed by atoms with E-state index < -0.39 is 48.1 Å². The minimum atomic E-state index is -0.921. The average molecular weight is 568 g/mol. The number of esters is 2. The smallest absolute Gasteiger partial charge is 0.409 e. The number of carbonyl (C=O) groups is 5. The summed E-state index contributed by atoms with van der Waals surface area (Å²) in [5.41, 5.74) is 6.64. The SMILES string of the molecule is CC/C=C(/C(=O)N[C@H]1C(=O)N2C(C(=O)OCOC(=O)CC)=C(COC(=O)N(C)C)CS[C@@H]12)c1csc(N)n1. The van der Waals surface area contributed by atoms with E-state index in [2.05, 4.69) is 10.3 Å². The number of rotatable bonds is 10. The van der Waals surface area contributed by atoms with Crippen molar-refractivity contribution in [2.75, 3.05) is 39.0 Å². The van der Waals surface area contributed by atoms with Gasteiger partial charge in [-0.15, -0.1) is 23.1 Å². The Morgan fingerprint density at radius 2 is 1.97 bits per heavy atom. The van der Waals surface area contributed by atoms with Gasteiger partial charge in [0.1, 0.15) is 23.7 Å².